The van der Waals surface area contributed by atoms with E-state index < -0.39 is 0 Å². The van der Waals surface area contributed by atoms with Gasteiger partial charge in [0.15, 0.2) is 0 Å². The molecule has 4 nitrogen and oxygen atoms in total. The van der Waals surface area contributed by atoms with Gasteiger partial charge in [-0.2, -0.15) is 0 Å². The molecule has 0 aromatic rings. The molecule has 0 aliphatic rings. The van der Waals surface area contributed by atoms with Crippen LogP contribution in [0.2, 0.25) is 0 Å². The van der Waals surface area contributed by atoms with E-state index >= 15 is 0 Å². The minimum Gasteiger partial charge on any atom is -0.447 e. The van der Waals surface area contributed by atoms with Crippen LogP contribution in [0.25, 0.3) is 0 Å². The Morgan fingerprint density at radius 3 is 2.07 bits per heavy atom. The molecule has 0 fully saturated rings. The van der Waals surface area contributed by atoms with Gasteiger partial charge in [0.2, 0.25) is 0 Å². The fourth-order valence-corrected chi connectivity index (χ4v) is 0.949. The van der Waals surface area contributed by atoms with Crippen molar-refractivity contribution >= 4 is 6.09 Å². The fraction of sp³-hybridized carbons (Fsp3) is 0.909. The predicted molar refractivity (Wildman–Crippen MR) is 62.0 cm³/mol. The van der Waals surface area contributed by atoms with E-state index in [9.17, 15) is 4.79 Å². The van der Waals surface area contributed by atoms with Gasteiger partial charge in [-0.3, -0.25) is 0 Å². The van der Waals surface area contributed by atoms with Gasteiger partial charge in [-0.25, -0.2) is 4.79 Å². The van der Waals surface area contributed by atoms with Crippen LogP contribution in [-0.4, -0.2) is 55.2 Å². The number of hydrogen-bond acceptors (Lipinski definition) is 3. The lowest BCUT2D eigenvalue weighted by atomic mass is 10.3. The van der Waals surface area contributed by atoms with Crippen molar-refractivity contribution < 1.29 is 9.53 Å². The number of rotatable bonds is 5. The molecule has 1 amide bonds. The van der Waals surface area contributed by atoms with Gasteiger partial charge in [0.05, 0.1) is 6.10 Å². The lowest BCUT2D eigenvalue weighted by Gasteiger charge is -2.25. The first-order valence-corrected chi connectivity index (χ1v) is 5.46. The van der Waals surface area contributed by atoms with E-state index in [1.807, 2.05) is 20.9 Å². The number of nitrogens with zero attached hydrogens (tertiary/aromatic N) is 2. The zero-order valence-corrected chi connectivity index (χ0v) is 10.8. The molecule has 0 saturated carbocycles. The Morgan fingerprint density at radius 2 is 1.67 bits per heavy atom. The second-order valence-electron chi connectivity index (χ2n) is 4.43. The monoisotopic (exact) mass is 216 g/mol. The first-order valence-electron chi connectivity index (χ1n) is 5.46. The van der Waals surface area contributed by atoms with E-state index in [1.165, 1.54) is 0 Å². The highest BCUT2D eigenvalue weighted by Gasteiger charge is 2.12. The van der Waals surface area contributed by atoms with Crippen molar-refractivity contribution in [1.82, 2.24) is 9.80 Å². The Balaban J connectivity index is 3.83. The minimum atomic E-state index is -0.248. The van der Waals surface area contributed by atoms with Gasteiger partial charge in [-0.15, -0.1) is 0 Å². The number of carbonyl (C=O) groups is 1. The number of amides is 1. The topological polar surface area (TPSA) is 32.8 Å². The number of ether oxygens (including phenoxy) is 1. The van der Waals surface area contributed by atoms with Crippen LogP contribution in [0.1, 0.15) is 27.7 Å². The summed E-state index contributed by atoms with van der Waals surface area (Å²) >= 11 is 0. The molecule has 0 bridgehead atoms. The molecule has 4 heteroatoms. The normalized spacial score (nSPS) is 11.3. The average Bonchev–Trinajstić information content (AvgIpc) is 2.12. The van der Waals surface area contributed by atoms with E-state index in [1.54, 1.807) is 11.9 Å². The fourth-order valence-electron chi connectivity index (χ4n) is 0.949. The van der Waals surface area contributed by atoms with Crippen molar-refractivity contribution in [3.8, 4) is 0 Å². The van der Waals surface area contributed by atoms with Gasteiger partial charge in [-0.05, 0) is 34.7 Å². The van der Waals surface area contributed by atoms with E-state index in [4.69, 9.17) is 4.74 Å². The van der Waals surface area contributed by atoms with Crippen molar-refractivity contribution in [2.45, 2.75) is 39.8 Å². The number of likely N-dealkylation sites (N-methyl/N-ethyl adjacent to an activating group) is 2. The molecule has 15 heavy (non-hydrogen) atoms. The van der Waals surface area contributed by atoms with E-state index in [-0.39, 0.29) is 12.2 Å². The summed E-state index contributed by atoms with van der Waals surface area (Å²) in [6.07, 6.45) is -0.301. The molecule has 0 aromatic heterocycles. The highest BCUT2D eigenvalue weighted by atomic mass is 16.6. The molecule has 0 atom stereocenters. The summed E-state index contributed by atoms with van der Waals surface area (Å²) in [5, 5.41) is 0. The third-order valence-electron chi connectivity index (χ3n) is 2.32. The Bertz CT molecular complexity index is 193. The molecule has 0 radical (unpaired) electrons. The molecule has 0 spiro atoms. The molecule has 0 aromatic carbocycles. The molecule has 90 valence electrons. The second kappa shape index (κ2) is 6.67. The van der Waals surface area contributed by atoms with E-state index in [0.717, 1.165) is 6.54 Å². The zero-order chi connectivity index (χ0) is 12.0. The molecular formula is C11H24N2O2. The number of hydrogen-bond donors (Lipinski definition) is 0. The molecular weight excluding hydrogens is 192 g/mol. The third-order valence-corrected chi connectivity index (χ3v) is 2.32. The van der Waals surface area contributed by atoms with E-state index in [2.05, 4.69) is 18.7 Å². The minimum absolute atomic E-state index is 0.0530. The maximum atomic E-state index is 11.4. The van der Waals surface area contributed by atoms with Crippen LogP contribution >= 0.6 is 0 Å². The maximum absolute atomic E-state index is 11.4. The van der Waals surface area contributed by atoms with Crippen molar-refractivity contribution in [3.05, 3.63) is 0 Å². The maximum Gasteiger partial charge on any atom is 0.409 e. The quantitative estimate of drug-likeness (QED) is 0.702. The first-order chi connectivity index (χ1) is 6.84. The number of carbonyl (C=O) groups excluding carboxylic acids is 1. The molecule has 0 saturated heterocycles. The van der Waals surface area contributed by atoms with Crippen LogP contribution in [0.5, 0.6) is 0 Å². The highest BCUT2D eigenvalue weighted by Crippen LogP contribution is 1.98. The van der Waals surface area contributed by atoms with Gasteiger partial charge >= 0.3 is 6.09 Å². The third kappa shape index (κ3) is 6.33. The summed E-state index contributed by atoms with van der Waals surface area (Å²) in [5.41, 5.74) is 0. The van der Waals surface area contributed by atoms with Gasteiger partial charge in [0.25, 0.3) is 0 Å². The summed E-state index contributed by atoms with van der Waals surface area (Å²) in [6.45, 7) is 9.53. The standard InChI is InChI=1S/C11H24N2O2/c1-9(2)12(5)7-8-13(6)11(14)15-10(3)4/h9-10H,7-8H2,1-6H3. The van der Waals surface area contributed by atoms with Crippen molar-refractivity contribution in [2.75, 3.05) is 27.2 Å². The van der Waals surface area contributed by atoms with Crippen LogP contribution in [0, 0.1) is 0 Å². The summed E-state index contributed by atoms with van der Waals surface area (Å²) in [7, 11) is 3.81. The van der Waals surface area contributed by atoms with Crippen LogP contribution in [0.3, 0.4) is 0 Å². The Hall–Kier alpha value is -0.770. The molecule has 0 rings (SSSR count). The molecule has 0 N–H and O–H groups in total. The Morgan fingerprint density at radius 1 is 1.13 bits per heavy atom. The van der Waals surface area contributed by atoms with Gasteiger partial charge < -0.3 is 14.5 Å². The van der Waals surface area contributed by atoms with Crippen LogP contribution in [0.15, 0.2) is 0 Å². The summed E-state index contributed by atoms with van der Waals surface area (Å²) in [4.78, 5) is 15.2. The average molecular weight is 216 g/mol. The zero-order valence-electron chi connectivity index (χ0n) is 10.8. The lowest BCUT2D eigenvalue weighted by molar-refractivity contribution is 0.0807. The molecule has 0 heterocycles. The van der Waals surface area contributed by atoms with Crippen LogP contribution in [-0.2, 0) is 4.74 Å². The molecule has 0 aliphatic heterocycles. The SMILES string of the molecule is CC(C)OC(=O)N(C)CCN(C)C(C)C. The van der Waals surface area contributed by atoms with Crippen molar-refractivity contribution in [3.63, 3.8) is 0 Å². The smallest absolute Gasteiger partial charge is 0.409 e. The lowest BCUT2D eigenvalue weighted by Crippen LogP contribution is -2.38. The summed E-state index contributed by atoms with van der Waals surface area (Å²) < 4.78 is 5.07. The summed E-state index contributed by atoms with van der Waals surface area (Å²) in [6, 6.07) is 0.500. The predicted octanol–water partition coefficient (Wildman–Crippen LogP) is 1.80. The Labute approximate surface area is 93.2 Å². The summed E-state index contributed by atoms with van der Waals surface area (Å²) in [5.74, 6) is 0. The van der Waals surface area contributed by atoms with Crippen LogP contribution < -0.4 is 0 Å². The second-order valence-corrected chi connectivity index (χ2v) is 4.43. The van der Waals surface area contributed by atoms with Crippen molar-refractivity contribution in [2.24, 2.45) is 0 Å². The van der Waals surface area contributed by atoms with E-state index in [0.29, 0.717) is 12.6 Å². The molecule has 0 aliphatic carbocycles. The van der Waals surface area contributed by atoms with Gasteiger partial charge in [0.1, 0.15) is 0 Å². The van der Waals surface area contributed by atoms with Gasteiger partial charge in [0, 0.05) is 26.2 Å². The molecule has 0 unspecified atom stereocenters. The van der Waals surface area contributed by atoms with Gasteiger partial charge in [-0.1, -0.05) is 0 Å². The van der Waals surface area contributed by atoms with Crippen LogP contribution in [0.4, 0.5) is 4.79 Å². The highest BCUT2D eigenvalue weighted by molar-refractivity contribution is 5.67. The first kappa shape index (κ1) is 14.2. The Kier molecular flexibility index (Phi) is 6.32. The largest absolute Gasteiger partial charge is 0.447 e. The van der Waals surface area contributed by atoms with Crippen molar-refractivity contribution in [1.29, 1.82) is 0 Å².